The topological polar surface area (TPSA) is 63.5 Å². The second kappa shape index (κ2) is 5.22. The van der Waals surface area contributed by atoms with Crippen molar-refractivity contribution >= 4 is 17.8 Å². The fraction of sp³-hybridized carbons (Fsp3) is 0.357. The van der Waals surface area contributed by atoms with Crippen molar-refractivity contribution in [2.45, 2.75) is 20.8 Å². The summed E-state index contributed by atoms with van der Waals surface area (Å²) >= 11 is 0. The zero-order valence-corrected chi connectivity index (χ0v) is 11.3. The van der Waals surface area contributed by atoms with Crippen LogP contribution in [0.4, 0.5) is 5.82 Å². The molecule has 2 rings (SSSR count). The first-order chi connectivity index (χ1) is 9.04. The first-order valence-corrected chi connectivity index (χ1v) is 6.25. The summed E-state index contributed by atoms with van der Waals surface area (Å²) in [6, 6.07) is 3.65. The summed E-state index contributed by atoms with van der Waals surface area (Å²) in [6.45, 7) is 6.64. The lowest BCUT2D eigenvalue weighted by Crippen LogP contribution is -2.23. The number of anilines is 1. The van der Waals surface area contributed by atoms with Crippen LogP contribution < -0.4 is 10.9 Å². The van der Waals surface area contributed by atoms with Crippen LogP contribution in [0.5, 0.6) is 0 Å². The molecule has 0 unspecified atom stereocenters. The molecule has 0 aliphatic rings. The maximum atomic E-state index is 12.2. The Kier molecular flexibility index (Phi) is 3.64. The van der Waals surface area contributed by atoms with Gasteiger partial charge in [0.15, 0.2) is 6.29 Å². The molecule has 0 saturated heterocycles. The number of aryl methyl sites for hydroxylation is 1. The third-order valence-electron chi connectivity index (χ3n) is 2.88. The standard InChI is InChI=1S/C14H17N3O2/c1-9(2)7-15-12-11(8-18)14(19)17-6-4-5-10(3)13(17)16-12/h4-6,8-9,15H,7H2,1-3H3. The van der Waals surface area contributed by atoms with E-state index >= 15 is 0 Å². The molecule has 0 fully saturated rings. The molecule has 0 bridgehead atoms. The van der Waals surface area contributed by atoms with Crippen LogP contribution in [0.25, 0.3) is 5.65 Å². The second-order valence-electron chi connectivity index (χ2n) is 4.96. The summed E-state index contributed by atoms with van der Waals surface area (Å²) in [5.74, 6) is 0.764. The Morgan fingerprint density at radius 1 is 1.47 bits per heavy atom. The Labute approximate surface area is 111 Å². The first-order valence-electron chi connectivity index (χ1n) is 6.25. The summed E-state index contributed by atoms with van der Waals surface area (Å²) in [5.41, 5.74) is 1.20. The van der Waals surface area contributed by atoms with Gasteiger partial charge in [-0.15, -0.1) is 0 Å². The Bertz CT molecular complexity index is 674. The largest absolute Gasteiger partial charge is 0.369 e. The van der Waals surface area contributed by atoms with E-state index in [2.05, 4.69) is 10.3 Å². The van der Waals surface area contributed by atoms with E-state index in [9.17, 15) is 9.59 Å². The van der Waals surface area contributed by atoms with E-state index in [1.807, 2.05) is 26.8 Å². The fourth-order valence-electron chi connectivity index (χ4n) is 1.85. The lowest BCUT2D eigenvalue weighted by molar-refractivity contribution is 0.112. The van der Waals surface area contributed by atoms with Crippen molar-refractivity contribution in [2.24, 2.45) is 5.92 Å². The molecule has 0 atom stereocenters. The number of fused-ring (bicyclic) bond motifs is 1. The van der Waals surface area contributed by atoms with Crippen molar-refractivity contribution < 1.29 is 4.79 Å². The Balaban J connectivity index is 2.66. The summed E-state index contributed by atoms with van der Waals surface area (Å²) in [7, 11) is 0. The molecule has 0 radical (unpaired) electrons. The molecule has 5 heteroatoms. The lowest BCUT2D eigenvalue weighted by atomic mass is 10.2. The van der Waals surface area contributed by atoms with Gasteiger partial charge in [-0.25, -0.2) is 4.98 Å². The quantitative estimate of drug-likeness (QED) is 0.852. The van der Waals surface area contributed by atoms with Gasteiger partial charge in [-0.1, -0.05) is 19.9 Å². The van der Waals surface area contributed by atoms with Gasteiger partial charge in [0.2, 0.25) is 0 Å². The van der Waals surface area contributed by atoms with Gasteiger partial charge >= 0.3 is 0 Å². The number of hydrogen-bond donors (Lipinski definition) is 1. The number of aromatic nitrogens is 2. The number of rotatable bonds is 4. The molecular weight excluding hydrogens is 242 g/mol. The highest BCUT2D eigenvalue weighted by Crippen LogP contribution is 2.12. The zero-order chi connectivity index (χ0) is 14.0. The van der Waals surface area contributed by atoms with E-state index in [4.69, 9.17) is 0 Å². The number of carbonyl (C=O) groups excluding carboxylic acids is 1. The number of pyridine rings is 1. The maximum absolute atomic E-state index is 12.2. The fourth-order valence-corrected chi connectivity index (χ4v) is 1.85. The smallest absolute Gasteiger partial charge is 0.270 e. The average Bonchev–Trinajstić information content (AvgIpc) is 2.37. The summed E-state index contributed by atoms with van der Waals surface area (Å²) < 4.78 is 1.40. The molecule has 2 aromatic rings. The van der Waals surface area contributed by atoms with Crippen molar-refractivity contribution in [3.05, 3.63) is 39.8 Å². The van der Waals surface area contributed by atoms with Gasteiger partial charge in [0.1, 0.15) is 17.0 Å². The average molecular weight is 259 g/mol. The van der Waals surface area contributed by atoms with Gasteiger partial charge in [0, 0.05) is 12.7 Å². The van der Waals surface area contributed by atoms with Gasteiger partial charge in [-0.05, 0) is 24.5 Å². The van der Waals surface area contributed by atoms with E-state index in [-0.39, 0.29) is 11.1 Å². The van der Waals surface area contributed by atoms with Crippen molar-refractivity contribution in [2.75, 3.05) is 11.9 Å². The summed E-state index contributed by atoms with van der Waals surface area (Å²) in [4.78, 5) is 27.8. The molecule has 0 amide bonds. The van der Waals surface area contributed by atoms with Crippen LogP contribution in [0.3, 0.4) is 0 Å². The van der Waals surface area contributed by atoms with E-state index < -0.39 is 0 Å². The van der Waals surface area contributed by atoms with Gasteiger partial charge in [-0.3, -0.25) is 14.0 Å². The molecule has 5 nitrogen and oxygen atoms in total. The van der Waals surface area contributed by atoms with Crippen LogP contribution in [0.15, 0.2) is 23.1 Å². The van der Waals surface area contributed by atoms with Crippen molar-refractivity contribution in [3.63, 3.8) is 0 Å². The van der Waals surface area contributed by atoms with Gasteiger partial charge in [0.05, 0.1) is 0 Å². The minimum atomic E-state index is -0.338. The summed E-state index contributed by atoms with van der Waals surface area (Å²) in [6.07, 6.45) is 2.18. The SMILES string of the molecule is Cc1cccn2c(=O)c(C=O)c(NCC(C)C)nc12. The van der Waals surface area contributed by atoms with Crippen LogP contribution >= 0.6 is 0 Å². The second-order valence-corrected chi connectivity index (χ2v) is 4.96. The molecule has 0 aromatic carbocycles. The Morgan fingerprint density at radius 2 is 2.21 bits per heavy atom. The van der Waals surface area contributed by atoms with E-state index in [0.717, 1.165) is 5.56 Å². The predicted molar refractivity (Wildman–Crippen MR) is 74.9 cm³/mol. The molecule has 2 heterocycles. The third kappa shape index (κ3) is 2.50. The third-order valence-corrected chi connectivity index (χ3v) is 2.88. The molecule has 0 saturated carbocycles. The Morgan fingerprint density at radius 3 is 2.84 bits per heavy atom. The highest BCUT2D eigenvalue weighted by Gasteiger charge is 2.13. The van der Waals surface area contributed by atoms with Crippen molar-refractivity contribution in [1.82, 2.24) is 9.38 Å². The monoisotopic (exact) mass is 259 g/mol. The number of carbonyl (C=O) groups is 1. The minimum Gasteiger partial charge on any atom is -0.369 e. The number of nitrogens with one attached hydrogen (secondary N) is 1. The number of nitrogens with zero attached hydrogens (tertiary/aromatic N) is 2. The molecular formula is C14H17N3O2. The van der Waals surface area contributed by atoms with Gasteiger partial charge in [0.25, 0.3) is 5.56 Å². The molecule has 1 N–H and O–H groups in total. The van der Waals surface area contributed by atoms with Crippen LogP contribution in [-0.2, 0) is 0 Å². The molecule has 19 heavy (non-hydrogen) atoms. The van der Waals surface area contributed by atoms with Crippen molar-refractivity contribution in [1.29, 1.82) is 0 Å². The Hall–Kier alpha value is -2.17. The first kappa shape index (κ1) is 13.3. The van der Waals surface area contributed by atoms with E-state index in [0.29, 0.717) is 30.2 Å². The molecule has 0 aliphatic carbocycles. The van der Waals surface area contributed by atoms with Crippen molar-refractivity contribution in [3.8, 4) is 0 Å². The van der Waals surface area contributed by atoms with E-state index in [1.54, 1.807) is 12.3 Å². The number of aldehydes is 1. The maximum Gasteiger partial charge on any atom is 0.270 e. The van der Waals surface area contributed by atoms with E-state index in [1.165, 1.54) is 4.40 Å². The van der Waals surface area contributed by atoms with Crippen LogP contribution in [0, 0.1) is 12.8 Å². The highest BCUT2D eigenvalue weighted by atomic mass is 16.1. The molecule has 0 spiro atoms. The summed E-state index contributed by atoms with van der Waals surface area (Å²) in [5, 5.41) is 3.07. The predicted octanol–water partition coefficient (Wildman–Crippen LogP) is 1.88. The van der Waals surface area contributed by atoms with Crippen LogP contribution in [0.1, 0.15) is 29.8 Å². The number of hydrogen-bond acceptors (Lipinski definition) is 4. The van der Waals surface area contributed by atoms with Crippen LogP contribution in [-0.4, -0.2) is 22.2 Å². The molecule has 2 aromatic heterocycles. The molecule has 100 valence electrons. The normalized spacial score (nSPS) is 10.9. The lowest BCUT2D eigenvalue weighted by Gasteiger charge is -2.12. The molecule has 0 aliphatic heterocycles. The van der Waals surface area contributed by atoms with Gasteiger partial charge in [-0.2, -0.15) is 0 Å². The zero-order valence-electron chi connectivity index (χ0n) is 11.3. The minimum absolute atomic E-state index is 0.0729. The van der Waals surface area contributed by atoms with Crippen LogP contribution in [0.2, 0.25) is 0 Å². The highest BCUT2D eigenvalue weighted by molar-refractivity contribution is 5.82. The van der Waals surface area contributed by atoms with Gasteiger partial charge < -0.3 is 5.32 Å².